The molecule has 0 radical (unpaired) electrons. The number of carbonyl (C=O) groups is 2. The highest BCUT2D eigenvalue weighted by molar-refractivity contribution is 7.09. The van der Waals surface area contributed by atoms with Gasteiger partial charge in [-0.15, -0.1) is 11.3 Å². The van der Waals surface area contributed by atoms with Crippen molar-refractivity contribution >= 4 is 23.2 Å². The fourth-order valence-corrected chi connectivity index (χ4v) is 4.30. The van der Waals surface area contributed by atoms with Gasteiger partial charge in [0.05, 0.1) is 17.2 Å². The van der Waals surface area contributed by atoms with E-state index in [4.69, 9.17) is 4.74 Å². The highest BCUT2D eigenvalue weighted by Crippen LogP contribution is 2.18. The molecule has 0 saturated carbocycles. The van der Waals surface area contributed by atoms with Gasteiger partial charge < -0.3 is 15.0 Å². The molecular weight excluding hydrogens is 436 g/mol. The maximum Gasteiger partial charge on any atom is 0.254 e. The van der Waals surface area contributed by atoms with Crippen LogP contribution in [0.1, 0.15) is 26.6 Å². The van der Waals surface area contributed by atoms with Gasteiger partial charge in [-0.1, -0.05) is 36.4 Å². The monoisotopic (exact) mass is 464 g/mol. The first-order valence-electron chi connectivity index (χ1n) is 11.0. The Morgan fingerprint density at radius 2 is 1.85 bits per heavy atom. The zero-order chi connectivity index (χ0) is 23.0. The lowest BCUT2D eigenvalue weighted by molar-refractivity contribution is -0.122. The molecule has 0 aliphatic carbocycles. The van der Waals surface area contributed by atoms with Crippen molar-refractivity contribution in [3.63, 3.8) is 0 Å². The number of thiazole rings is 1. The third kappa shape index (κ3) is 6.63. The second-order valence-corrected chi connectivity index (χ2v) is 9.07. The van der Waals surface area contributed by atoms with Crippen molar-refractivity contribution in [1.82, 2.24) is 20.1 Å². The number of amides is 2. The Kier molecular flexibility index (Phi) is 7.70. The Balaban J connectivity index is 1.23. The Morgan fingerprint density at radius 3 is 2.58 bits per heavy atom. The molecule has 0 spiro atoms. The molecule has 1 N–H and O–H groups in total. The van der Waals surface area contributed by atoms with Crippen LogP contribution in [-0.4, -0.2) is 59.3 Å². The first kappa shape index (κ1) is 22.9. The standard InChI is InChI=1S/C25H28N4O3S/c1-19-27-22(18-33-19)17-32-23-9-5-8-21(14-23)25(31)29-12-10-28(11-13-29)16-24(30)26-15-20-6-3-2-4-7-20/h2-9,14,18H,10-13,15-17H2,1H3,(H,26,30). The predicted molar refractivity (Wildman–Crippen MR) is 128 cm³/mol. The minimum atomic E-state index is -0.0156. The maximum atomic E-state index is 13.0. The van der Waals surface area contributed by atoms with Gasteiger partial charge in [0.2, 0.25) is 5.91 Å². The van der Waals surface area contributed by atoms with Crippen molar-refractivity contribution in [3.05, 3.63) is 81.8 Å². The fourth-order valence-electron chi connectivity index (χ4n) is 3.70. The van der Waals surface area contributed by atoms with Crippen LogP contribution in [-0.2, 0) is 17.9 Å². The summed E-state index contributed by atoms with van der Waals surface area (Å²) in [6.45, 7) is 5.74. The van der Waals surface area contributed by atoms with Crippen molar-refractivity contribution in [2.45, 2.75) is 20.1 Å². The van der Waals surface area contributed by atoms with Crippen LogP contribution in [0.3, 0.4) is 0 Å². The molecular formula is C25H28N4O3S. The molecule has 33 heavy (non-hydrogen) atoms. The summed E-state index contributed by atoms with van der Waals surface area (Å²) in [5.74, 6) is 0.636. The lowest BCUT2D eigenvalue weighted by Crippen LogP contribution is -2.51. The largest absolute Gasteiger partial charge is 0.487 e. The Hall–Kier alpha value is -3.23. The van der Waals surface area contributed by atoms with E-state index in [2.05, 4.69) is 15.2 Å². The summed E-state index contributed by atoms with van der Waals surface area (Å²) in [7, 11) is 0. The van der Waals surface area contributed by atoms with Crippen LogP contribution in [0, 0.1) is 6.92 Å². The van der Waals surface area contributed by atoms with E-state index in [0.29, 0.717) is 57.2 Å². The van der Waals surface area contributed by atoms with Crippen molar-refractivity contribution in [2.24, 2.45) is 0 Å². The second-order valence-electron chi connectivity index (χ2n) is 8.01. The van der Waals surface area contributed by atoms with Gasteiger partial charge in [-0.2, -0.15) is 0 Å². The summed E-state index contributed by atoms with van der Waals surface area (Å²) in [6, 6.07) is 17.1. The molecule has 2 heterocycles. The van der Waals surface area contributed by atoms with Crippen LogP contribution in [0.5, 0.6) is 5.75 Å². The topological polar surface area (TPSA) is 74.8 Å². The molecule has 1 saturated heterocycles. The Morgan fingerprint density at radius 1 is 1.06 bits per heavy atom. The van der Waals surface area contributed by atoms with Gasteiger partial charge in [0.1, 0.15) is 12.4 Å². The van der Waals surface area contributed by atoms with E-state index >= 15 is 0 Å². The number of nitrogens with one attached hydrogen (secondary N) is 1. The summed E-state index contributed by atoms with van der Waals surface area (Å²) in [5.41, 5.74) is 2.57. The number of nitrogens with zero attached hydrogens (tertiary/aromatic N) is 3. The highest BCUT2D eigenvalue weighted by atomic mass is 32.1. The first-order chi connectivity index (χ1) is 16.1. The van der Waals surface area contributed by atoms with Gasteiger partial charge in [-0.25, -0.2) is 4.98 Å². The first-order valence-corrected chi connectivity index (χ1v) is 11.9. The van der Waals surface area contributed by atoms with E-state index in [0.717, 1.165) is 16.3 Å². The van der Waals surface area contributed by atoms with E-state index in [-0.39, 0.29) is 11.8 Å². The number of carbonyl (C=O) groups excluding carboxylic acids is 2. The number of benzene rings is 2. The third-order valence-electron chi connectivity index (χ3n) is 5.49. The molecule has 3 aromatic rings. The highest BCUT2D eigenvalue weighted by Gasteiger charge is 2.23. The zero-order valence-electron chi connectivity index (χ0n) is 18.7. The summed E-state index contributed by atoms with van der Waals surface area (Å²) < 4.78 is 5.82. The molecule has 0 unspecified atom stereocenters. The van der Waals surface area contributed by atoms with Gasteiger partial charge in [-0.05, 0) is 30.7 Å². The molecule has 2 amide bonds. The maximum absolute atomic E-state index is 13.0. The quantitative estimate of drug-likeness (QED) is 0.555. The van der Waals surface area contributed by atoms with Crippen molar-refractivity contribution < 1.29 is 14.3 Å². The summed E-state index contributed by atoms with van der Waals surface area (Å²) in [6.07, 6.45) is 0. The number of rotatable bonds is 8. The smallest absolute Gasteiger partial charge is 0.254 e. The molecule has 8 heteroatoms. The molecule has 0 atom stereocenters. The van der Waals surface area contributed by atoms with Gasteiger partial charge in [-0.3, -0.25) is 14.5 Å². The molecule has 4 rings (SSSR count). The van der Waals surface area contributed by atoms with Crippen molar-refractivity contribution in [1.29, 1.82) is 0 Å². The lowest BCUT2D eigenvalue weighted by atomic mass is 10.1. The molecule has 0 bridgehead atoms. The number of aryl methyl sites for hydroxylation is 1. The Labute approximate surface area is 198 Å². The fraction of sp³-hybridized carbons (Fsp3) is 0.320. The molecule has 1 aliphatic rings. The predicted octanol–water partition coefficient (Wildman–Crippen LogP) is 3.10. The molecule has 1 aromatic heterocycles. The number of ether oxygens (including phenoxy) is 1. The van der Waals surface area contributed by atoms with Crippen LogP contribution in [0.4, 0.5) is 0 Å². The van der Waals surface area contributed by atoms with Crippen molar-refractivity contribution in [2.75, 3.05) is 32.7 Å². The van der Waals surface area contributed by atoms with E-state index < -0.39 is 0 Å². The molecule has 2 aromatic carbocycles. The summed E-state index contributed by atoms with van der Waals surface area (Å²) in [4.78, 5) is 33.6. The molecule has 172 valence electrons. The second kappa shape index (κ2) is 11.1. The minimum Gasteiger partial charge on any atom is -0.487 e. The zero-order valence-corrected chi connectivity index (χ0v) is 19.5. The normalized spacial score (nSPS) is 14.2. The molecule has 7 nitrogen and oxygen atoms in total. The van der Waals surface area contributed by atoms with Gasteiger partial charge in [0.15, 0.2) is 0 Å². The van der Waals surface area contributed by atoms with Crippen LogP contribution < -0.4 is 10.1 Å². The average Bonchev–Trinajstić information content (AvgIpc) is 3.27. The van der Waals surface area contributed by atoms with Crippen molar-refractivity contribution in [3.8, 4) is 5.75 Å². The summed E-state index contributed by atoms with van der Waals surface area (Å²) in [5, 5.41) is 5.94. The van der Waals surface area contributed by atoms with Crippen LogP contribution in [0.25, 0.3) is 0 Å². The summed E-state index contributed by atoms with van der Waals surface area (Å²) >= 11 is 1.59. The number of hydrogen-bond donors (Lipinski definition) is 1. The van der Waals surface area contributed by atoms with E-state index in [9.17, 15) is 9.59 Å². The number of piperazine rings is 1. The van der Waals surface area contributed by atoms with Gasteiger partial charge >= 0.3 is 0 Å². The average molecular weight is 465 g/mol. The van der Waals surface area contributed by atoms with Crippen LogP contribution in [0.15, 0.2) is 60.0 Å². The molecule has 1 aliphatic heterocycles. The number of hydrogen-bond acceptors (Lipinski definition) is 6. The van der Waals surface area contributed by atoms with E-state index in [1.165, 1.54) is 0 Å². The van der Waals surface area contributed by atoms with E-state index in [1.54, 1.807) is 17.4 Å². The Bertz CT molecular complexity index is 1080. The lowest BCUT2D eigenvalue weighted by Gasteiger charge is -2.34. The van der Waals surface area contributed by atoms with Gasteiger partial charge in [0.25, 0.3) is 5.91 Å². The molecule has 1 fully saturated rings. The van der Waals surface area contributed by atoms with E-state index in [1.807, 2.05) is 65.7 Å². The van der Waals surface area contributed by atoms with Crippen LogP contribution >= 0.6 is 11.3 Å². The van der Waals surface area contributed by atoms with Gasteiger partial charge in [0, 0.05) is 43.7 Å². The minimum absolute atomic E-state index is 0.00112. The number of aromatic nitrogens is 1. The third-order valence-corrected chi connectivity index (χ3v) is 6.32. The van der Waals surface area contributed by atoms with Crippen LogP contribution in [0.2, 0.25) is 0 Å². The SMILES string of the molecule is Cc1nc(COc2cccc(C(=O)N3CCN(CC(=O)NCc4ccccc4)CC3)c2)cs1.